The van der Waals surface area contributed by atoms with Gasteiger partial charge < -0.3 is 5.73 Å². The zero-order valence-corrected chi connectivity index (χ0v) is 13.9. The van der Waals surface area contributed by atoms with Gasteiger partial charge in [-0.05, 0) is 10.8 Å². The molecule has 114 valence electrons. The van der Waals surface area contributed by atoms with E-state index in [2.05, 4.69) is 9.82 Å². The Balaban J connectivity index is 2.35. The zero-order chi connectivity index (χ0) is 15.5. The molecule has 0 saturated heterocycles. The average molecular weight is 321 g/mol. The molecule has 0 aromatic carbocycles. The van der Waals surface area contributed by atoms with Crippen LogP contribution in [-0.2, 0) is 17.1 Å². The lowest BCUT2D eigenvalue weighted by Gasteiger charge is -2.62. The summed E-state index contributed by atoms with van der Waals surface area (Å²) < 4.78 is 29.0. The molecule has 0 atom stereocenters. The number of hydrogen-bond donors (Lipinski definition) is 2. The smallest absolute Gasteiger partial charge is 0.259 e. The topological polar surface area (TPSA) is 90.0 Å². The summed E-state index contributed by atoms with van der Waals surface area (Å²) in [6, 6.07) is -0.342. The molecular formula is C12H21ClN4O2S. The summed E-state index contributed by atoms with van der Waals surface area (Å²) in [5, 5.41) is 3.95. The Labute approximate surface area is 124 Å². The summed E-state index contributed by atoms with van der Waals surface area (Å²) in [7, 11) is -2.20. The molecule has 1 saturated carbocycles. The Hall–Kier alpha value is -0.630. The maximum absolute atomic E-state index is 12.5. The van der Waals surface area contributed by atoms with Crippen LogP contribution in [0.2, 0.25) is 5.02 Å². The molecule has 20 heavy (non-hydrogen) atoms. The Morgan fingerprint density at radius 3 is 2.25 bits per heavy atom. The lowest BCUT2D eigenvalue weighted by molar-refractivity contribution is -0.0594. The number of nitrogens with one attached hydrogen (secondary N) is 1. The zero-order valence-electron chi connectivity index (χ0n) is 12.3. The summed E-state index contributed by atoms with van der Waals surface area (Å²) in [6.45, 7) is 7.84. The van der Waals surface area contributed by atoms with Crippen molar-refractivity contribution in [1.29, 1.82) is 0 Å². The van der Waals surface area contributed by atoms with Crippen LogP contribution in [0.15, 0.2) is 11.2 Å². The van der Waals surface area contributed by atoms with Crippen LogP contribution >= 0.6 is 11.6 Å². The molecule has 1 aromatic rings. The molecule has 1 aliphatic carbocycles. The Bertz CT molecular complexity index is 600. The van der Waals surface area contributed by atoms with Crippen LogP contribution in [0.4, 0.5) is 0 Å². The highest BCUT2D eigenvalue weighted by atomic mass is 35.5. The first kappa shape index (κ1) is 15.8. The van der Waals surface area contributed by atoms with E-state index >= 15 is 0 Å². The van der Waals surface area contributed by atoms with E-state index in [-0.39, 0.29) is 33.0 Å². The van der Waals surface area contributed by atoms with Crippen molar-refractivity contribution in [2.24, 2.45) is 23.6 Å². The fourth-order valence-corrected chi connectivity index (χ4v) is 5.60. The second-order valence-electron chi connectivity index (χ2n) is 6.60. The van der Waals surface area contributed by atoms with E-state index in [1.165, 1.54) is 10.9 Å². The van der Waals surface area contributed by atoms with Crippen LogP contribution < -0.4 is 10.5 Å². The Kier molecular flexibility index (Phi) is 3.49. The lowest BCUT2D eigenvalue weighted by Crippen LogP contribution is -2.76. The summed E-state index contributed by atoms with van der Waals surface area (Å²) in [5.41, 5.74) is 5.51. The minimum Gasteiger partial charge on any atom is -0.327 e. The first-order valence-electron chi connectivity index (χ1n) is 6.37. The number of aromatic nitrogens is 2. The fraction of sp³-hybridized carbons (Fsp3) is 0.750. The van der Waals surface area contributed by atoms with Gasteiger partial charge in [0.05, 0.1) is 11.2 Å². The molecule has 1 heterocycles. The SMILES string of the molecule is Cn1ncc(Cl)c1S(=O)(=O)NC1C(C)(C)C(N)C1(C)C. The van der Waals surface area contributed by atoms with Crippen LogP contribution in [-0.4, -0.2) is 30.3 Å². The molecule has 0 bridgehead atoms. The lowest BCUT2D eigenvalue weighted by atomic mass is 9.49. The number of aryl methyl sites for hydroxylation is 1. The number of sulfonamides is 1. The largest absolute Gasteiger partial charge is 0.327 e. The van der Waals surface area contributed by atoms with E-state index in [4.69, 9.17) is 17.3 Å². The standard InChI is InChI=1S/C12H21ClN4O2S/c1-11(2)9(14)12(3,4)10(11)16-20(18,19)8-7(13)6-15-17(8)5/h6,9-10,16H,14H2,1-5H3. The Morgan fingerprint density at radius 2 is 1.85 bits per heavy atom. The number of hydrogen-bond acceptors (Lipinski definition) is 4. The monoisotopic (exact) mass is 320 g/mol. The van der Waals surface area contributed by atoms with E-state index in [0.717, 1.165) is 0 Å². The molecule has 0 radical (unpaired) electrons. The minimum atomic E-state index is -3.74. The maximum atomic E-state index is 12.5. The molecular weight excluding hydrogens is 300 g/mol. The molecule has 3 N–H and O–H groups in total. The van der Waals surface area contributed by atoms with Gasteiger partial charge >= 0.3 is 0 Å². The van der Waals surface area contributed by atoms with Crippen molar-refractivity contribution in [3.05, 3.63) is 11.2 Å². The maximum Gasteiger partial charge on any atom is 0.259 e. The van der Waals surface area contributed by atoms with Gasteiger partial charge in [0.25, 0.3) is 10.0 Å². The third-order valence-electron chi connectivity index (χ3n) is 4.46. The van der Waals surface area contributed by atoms with Gasteiger partial charge in [-0.25, -0.2) is 13.1 Å². The van der Waals surface area contributed by atoms with Crippen LogP contribution in [0.25, 0.3) is 0 Å². The summed E-state index contributed by atoms with van der Waals surface area (Å²) >= 11 is 5.92. The molecule has 0 amide bonds. The molecule has 0 unspecified atom stereocenters. The van der Waals surface area contributed by atoms with Crippen LogP contribution in [0.5, 0.6) is 0 Å². The fourth-order valence-electron chi connectivity index (χ4n) is 3.40. The van der Waals surface area contributed by atoms with E-state index in [1.807, 2.05) is 27.7 Å². The normalized spacial score (nSPS) is 28.1. The van der Waals surface area contributed by atoms with E-state index in [1.54, 1.807) is 7.05 Å². The number of rotatable bonds is 3. The number of nitrogens with two attached hydrogens (primary N) is 1. The van der Waals surface area contributed by atoms with Gasteiger partial charge in [0, 0.05) is 19.1 Å². The predicted octanol–water partition coefficient (Wildman–Crippen LogP) is 1.11. The van der Waals surface area contributed by atoms with Crippen LogP contribution in [0.3, 0.4) is 0 Å². The molecule has 1 aliphatic rings. The van der Waals surface area contributed by atoms with Crippen molar-refractivity contribution >= 4 is 21.6 Å². The van der Waals surface area contributed by atoms with Gasteiger partial charge in [-0.1, -0.05) is 39.3 Å². The van der Waals surface area contributed by atoms with Crippen molar-refractivity contribution in [1.82, 2.24) is 14.5 Å². The predicted molar refractivity (Wildman–Crippen MR) is 77.9 cm³/mol. The van der Waals surface area contributed by atoms with Crippen molar-refractivity contribution in [3.8, 4) is 0 Å². The van der Waals surface area contributed by atoms with Crippen molar-refractivity contribution in [2.45, 2.75) is 44.8 Å². The van der Waals surface area contributed by atoms with Crippen LogP contribution in [0.1, 0.15) is 27.7 Å². The quantitative estimate of drug-likeness (QED) is 0.873. The molecule has 0 aliphatic heterocycles. The van der Waals surface area contributed by atoms with E-state index in [0.29, 0.717) is 0 Å². The first-order valence-corrected chi connectivity index (χ1v) is 8.24. The molecule has 0 spiro atoms. The van der Waals surface area contributed by atoms with Crippen molar-refractivity contribution < 1.29 is 8.42 Å². The second-order valence-corrected chi connectivity index (χ2v) is 8.63. The molecule has 2 rings (SSSR count). The third kappa shape index (κ3) is 2.07. The van der Waals surface area contributed by atoms with Gasteiger partial charge in [-0.2, -0.15) is 5.10 Å². The molecule has 8 heteroatoms. The van der Waals surface area contributed by atoms with E-state index in [9.17, 15) is 8.42 Å². The van der Waals surface area contributed by atoms with Gasteiger partial charge in [-0.15, -0.1) is 0 Å². The van der Waals surface area contributed by atoms with Gasteiger partial charge in [0.15, 0.2) is 5.03 Å². The number of nitrogens with zero attached hydrogens (tertiary/aromatic N) is 2. The van der Waals surface area contributed by atoms with E-state index < -0.39 is 10.0 Å². The van der Waals surface area contributed by atoms with Crippen molar-refractivity contribution in [3.63, 3.8) is 0 Å². The highest BCUT2D eigenvalue weighted by molar-refractivity contribution is 7.89. The highest BCUT2D eigenvalue weighted by Gasteiger charge is 2.61. The molecule has 1 fully saturated rings. The van der Waals surface area contributed by atoms with Gasteiger partial charge in [0.1, 0.15) is 0 Å². The Morgan fingerprint density at radius 1 is 1.35 bits per heavy atom. The van der Waals surface area contributed by atoms with Crippen molar-refractivity contribution in [2.75, 3.05) is 0 Å². The highest BCUT2D eigenvalue weighted by Crippen LogP contribution is 2.53. The van der Waals surface area contributed by atoms with Crippen LogP contribution in [0, 0.1) is 10.8 Å². The first-order chi connectivity index (χ1) is 8.92. The van der Waals surface area contributed by atoms with Gasteiger partial charge in [0.2, 0.25) is 0 Å². The average Bonchev–Trinajstić information content (AvgIpc) is 2.65. The summed E-state index contributed by atoms with van der Waals surface area (Å²) in [6.07, 6.45) is 1.32. The summed E-state index contributed by atoms with van der Waals surface area (Å²) in [5.74, 6) is 0. The summed E-state index contributed by atoms with van der Waals surface area (Å²) in [4.78, 5) is 0. The third-order valence-corrected chi connectivity index (χ3v) is 6.39. The second kappa shape index (κ2) is 4.43. The number of halogens is 1. The van der Waals surface area contributed by atoms with Gasteiger partial charge in [-0.3, -0.25) is 4.68 Å². The minimum absolute atomic E-state index is 0.0220. The molecule has 1 aromatic heterocycles. The molecule has 6 nitrogen and oxygen atoms in total.